The van der Waals surface area contributed by atoms with Crippen molar-refractivity contribution in [2.24, 2.45) is 0 Å². The number of rotatable bonds is 5. The van der Waals surface area contributed by atoms with Crippen LogP contribution in [-0.4, -0.2) is 6.54 Å². The summed E-state index contributed by atoms with van der Waals surface area (Å²) in [4.78, 5) is 0. The Bertz CT molecular complexity index is 619. The fourth-order valence-corrected chi connectivity index (χ4v) is 2.55. The summed E-state index contributed by atoms with van der Waals surface area (Å²) in [7, 11) is 0. The van der Waals surface area contributed by atoms with Gasteiger partial charge in [0, 0.05) is 6.04 Å². The summed E-state index contributed by atoms with van der Waals surface area (Å²) >= 11 is 0. The fourth-order valence-electron chi connectivity index (χ4n) is 2.55. The Balaban J connectivity index is 2.25. The van der Waals surface area contributed by atoms with Crippen LogP contribution in [0.4, 0.5) is 4.39 Å². The lowest BCUT2D eigenvalue weighted by molar-refractivity contribution is 0.541. The maximum absolute atomic E-state index is 13.8. The Labute approximate surface area is 127 Å². The van der Waals surface area contributed by atoms with Crippen LogP contribution in [0, 0.1) is 26.6 Å². The highest BCUT2D eigenvalue weighted by atomic mass is 19.1. The van der Waals surface area contributed by atoms with Crippen molar-refractivity contribution in [3.8, 4) is 0 Å². The predicted octanol–water partition coefficient (Wildman–Crippen LogP) is 4.64. The second-order valence-electron chi connectivity index (χ2n) is 5.74. The summed E-state index contributed by atoms with van der Waals surface area (Å²) in [5, 5.41) is 3.46. The molecule has 0 heterocycles. The third-order valence-electron chi connectivity index (χ3n) is 4.06. The molecule has 0 radical (unpaired) electrons. The SMILES string of the molecule is CCNC(Cc1ccc(C)c(C)c1)c1ccc(C)c(F)c1. The third-order valence-corrected chi connectivity index (χ3v) is 4.06. The molecule has 0 bridgehead atoms. The molecule has 0 fully saturated rings. The van der Waals surface area contributed by atoms with Gasteiger partial charge < -0.3 is 5.32 Å². The van der Waals surface area contributed by atoms with Gasteiger partial charge in [0.25, 0.3) is 0 Å². The van der Waals surface area contributed by atoms with Crippen LogP contribution < -0.4 is 5.32 Å². The molecule has 0 spiro atoms. The second kappa shape index (κ2) is 6.86. The monoisotopic (exact) mass is 285 g/mol. The zero-order valence-electron chi connectivity index (χ0n) is 13.3. The van der Waals surface area contributed by atoms with Crippen molar-refractivity contribution >= 4 is 0 Å². The van der Waals surface area contributed by atoms with E-state index < -0.39 is 0 Å². The summed E-state index contributed by atoms with van der Waals surface area (Å²) in [5.41, 5.74) is 5.60. The topological polar surface area (TPSA) is 12.0 Å². The number of likely N-dealkylation sites (N-methyl/N-ethyl adjacent to an activating group) is 1. The van der Waals surface area contributed by atoms with Crippen LogP contribution in [0.2, 0.25) is 0 Å². The number of hydrogen-bond acceptors (Lipinski definition) is 1. The first kappa shape index (κ1) is 15.7. The van der Waals surface area contributed by atoms with E-state index in [4.69, 9.17) is 0 Å². The average molecular weight is 285 g/mol. The van der Waals surface area contributed by atoms with Crippen LogP contribution in [-0.2, 0) is 6.42 Å². The molecule has 1 unspecified atom stereocenters. The Morgan fingerprint density at radius 2 is 1.67 bits per heavy atom. The van der Waals surface area contributed by atoms with Gasteiger partial charge in [-0.25, -0.2) is 4.39 Å². The van der Waals surface area contributed by atoms with E-state index >= 15 is 0 Å². The van der Waals surface area contributed by atoms with Gasteiger partial charge in [-0.05, 0) is 67.6 Å². The zero-order chi connectivity index (χ0) is 15.4. The largest absolute Gasteiger partial charge is 0.310 e. The Morgan fingerprint density at radius 1 is 0.952 bits per heavy atom. The number of halogens is 1. The molecule has 112 valence electrons. The van der Waals surface area contributed by atoms with Gasteiger partial charge in [-0.3, -0.25) is 0 Å². The first-order valence-electron chi connectivity index (χ1n) is 7.56. The fraction of sp³-hybridized carbons (Fsp3) is 0.368. The maximum Gasteiger partial charge on any atom is 0.126 e. The highest BCUT2D eigenvalue weighted by molar-refractivity contribution is 5.32. The van der Waals surface area contributed by atoms with Crippen LogP contribution in [0.25, 0.3) is 0 Å². The molecule has 0 aliphatic heterocycles. The Morgan fingerprint density at radius 3 is 2.29 bits per heavy atom. The smallest absolute Gasteiger partial charge is 0.126 e. The first-order valence-corrected chi connectivity index (χ1v) is 7.56. The summed E-state index contributed by atoms with van der Waals surface area (Å²) in [6, 6.07) is 12.2. The van der Waals surface area contributed by atoms with Crippen LogP contribution in [0.1, 0.15) is 40.8 Å². The van der Waals surface area contributed by atoms with Gasteiger partial charge >= 0.3 is 0 Å². The van der Waals surface area contributed by atoms with Crippen molar-refractivity contribution < 1.29 is 4.39 Å². The molecular formula is C19H24FN. The summed E-state index contributed by atoms with van der Waals surface area (Å²) in [6.07, 6.45) is 0.872. The molecule has 2 aromatic carbocycles. The average Bonchev–Trinajstić information content (AvgIpc) is 2.45. The molecule has 0 saturated heterocycles. The van der Waals surface area contributed by atoms with Crippen molar-refractivity contribution in [3.05, 3.63) is 70.0 Å². The van der Waals surface area contributed by atoms with E-state index in [0.717, 1.165) is 18.5 Å². The van der Waals surface area contributed by atoms with Gasteiger partial charge in [0.15, 0.2) is 0 Å². The molecule has 2 aromatic rings. The van der Waals surface area contributed by atoms with Crippen molar-refractivity contribution in [1.29, 1.82) is 0 Å². The minimum absolute atomic E-state index is 0.129. The lowest BCUT2D eigenvalue weighted by atomic mass is 9.96. The summed E-state index contributed by atoms with van der Waals surface area (Å²) in [5.74, 6) is -0.129. The third kappa shape index (κ3) is 3.92. The number of benzene rings is 2. The standard InChI is InChI=1S/C19H24FN/c1-5-21-19(17-9-7-14(3)18(20)12-17)11-16-8-6-13(2)15(4)10-16/h6-10,12,19,21H,5,11H2,1-4H3. The number of hydrogen-bond donors (Lipinski definition) is 1. The van der Waals surface area contributed by atoms with Gasteiger partial charge in [0.05, 0.1) is 0 Å². The second-order valence-corrected chi connectivity index (χ2v) is 5.74. The van der Waals surface area contributed by atoms with E-state index in [9.17, 15) is 4.39 Å². The minimum atomic E-state index is -0.129. The lowest BCUT2D eigenvalue weighted by Gasteiger charge is -2.19. The maximum atomic E-state index is 13.8. The zero-order valence-corrected chi connectivity index (χ0v) is 13.3. The van der Waals surface area contributed by atoms with Gasteiger partial charge in [-0.2, -0.15) is 0 Å². The molecule has 1 N–H and O–H groups in total. The molecule has 0 saturated carbocycles. The highest BCUT2D eigenvalue weighted by Crippen LogP contribution is 2.22. The highest BCUT2D eigenvalue weighted by Gasteiger charge is 2.13. The van der Waals surface area contributed by atoms with E-state index in [1.54, 1.807) is 13.0 Å². The normalized spacial score (nSPS) is 12.4. The number of aryl methyl sites for hydroxylation is 3. The molecule has 2 rings (SSSR count). The summed E-state index contributed by atoms with van der Waals surface area (Å²) in [6.45, 7) is 9.00. The molecule has 0 aliphatic carbocycles. The van der Waals surface area contributed by atoms with E-state index in [2.05, 4.69) is 44.3 Å². The molecule has 1 atom stereocenters. The van der Waals surface area contributed by atoms with E-state index in [1.807, 2.05) is 12.1 Å². The first-order chi connectivity index (χ1) is 10.0. The lowest BCUT2D eigenvalue weighted by Crippen LogP contribution is -2.23. The predicted molar refractivity (Wildman–Crippen MR) is 87.2 cm³/mol. The molecule has 0 aromatic heterocycles. The Hall–Kier alpha value is -1.67. The molecule has 2 heteroatoms. The molecule has 0 aliphatic rings. The van der Waals surface area contributed by atoms with Crippen molar-refractivity contribution in [3.63, 3.8) is 0 Å². The quantitative estimate of drug-likeness (QED) is 0.843. The van der Waals surface area contributed by atoms with Crippen LogP contribution in [0.5, 0.6) is 0 Å². The van der Waals surface area contributed by atoms with Gasteiger partial charge in [0.1, 0.15) is 5.82 Å². The molecule has 21 heavy (non-hydrogen) atoms. The van der Waals surface area contributed by atoms with Crippen molar-refractivity contribution in [2.45, 2.75) is 40.2 Å². The van der Waals surface area contributed by atoms with Crippen LogP contribution >= 0.6 is 0 Å². The van der Waals surface area contributed by atoms with E-state index in [1.165, 1.54) is 16.7 Å². The van der Waals surface area contributed by atoms with Gasteiger partial charge in [0.2, 0.25) is 0 Å². The Kier molecular flexibility index (Phi) is 5.13. The van der Waals surface area contributed by atoms with Crippen molar-refractivity contribution in [2.75, 3.05) is 6.54 Å². The number of nitrogens with one attached hydrogen (secondary N) is 1. The van der Waals surface area contributed by atoms with E-state index in [0.29, 0.717) is 5.56 Å². The van der Waals surface area contributed by atoms with Gasteiger partial charge in [-0.1, -0.05) is 37.3 Å². The summed E-state index contributed by atoms with van der Waals surface area (Å²) < 4.78 is 13.8. The molecular weight excluding hydrogens is 261 g/mol. The van der Waals surface area contributed by atoms with Crippen molar-refractivity contribution in [1.82, 2.24) is 5.32 Å². The van der Waals surface area contributed by atoms with Gasteiger partial charge in [-0.15, -0.1) is 0 Å². The van der Waals surface area contributed by atoms with Crippen LogP contribution in [0.3, 0.4) is 0 Å². The van der Waals surface area contributed by atoms with Crippen LogP contribution in [0.15, 0.2) is 36.4 Å². The molecule has 1 nitrogen and oxygen atoms in total. The molecule has 0 amide bonds. The minimum Gasteiger partial charge on any atom is -0.310 e. The van der Waals surface area contributed by atoms with E-state index in [-0.39, 0.29) is 11.9 Å².